The van der Waals surface area contributed by atoms with Gasteiger partial charge in [-0.05, 0) is 37.4 Å². The Kier molecular flexibility index (Phi) is 6.41. The van der Waals surface area contributed by atoms with Crippen LogP contribution in [0.1, 0.15) is 15.9 Å². The predicted octanol–water partition coefficient (Wildman–Crippen LogP) is 2.74. The number of hydrogen-bond acceptors (Lipinski definition) is 3. The van der Waals surface area contributed by atoms with E-state index in [4.69, 9.17) is 0 Å². The van der Waals surface area contributed by atoms with Gasteiger partial charge in [-0.15, -0.1) is 0 Å². The highest BCUT2D eigenvalue weighted by Gasteiger charge is 2.12. The van der Waals surface area contributed by atoms with E-state index in [0.717, 1.165) is 6.07 Å². The van der Waals surface area contributed by atoms with Crippen molar-refractivity contribution < 1.29 is 18.4 Å². The normalized spacial score (nSPS) is 10.7. The van der Waals surface area contributed by atoms with E-state index < -0.39 is 11.6 Å². The van der Waals surface area contributed by atoms with Gasteiger partial charge in [0, 0.05) is 43.5 Å². The molecule has 26 heavy (non-hydrogen) atoms. The molecule has 138 valence electrons. The second-order valence-electron chi connectivity index (χ2n) is 6.23. The molecule has 0 aliphatic heterocycles. The Balaban J connectivity index is 1.90. The molecule has 5 nitrogen and oxygen atoms in total. The molecule has 7 heteroatoms. The average molecular weight is 361 g/mol. The molecule has 2 aromatic rings. The lowest BCUT2D eigenvalue weighted by molar-refractivity contribution is -0.117. The number of carbonyl (C=O) groups is 2. The standard InChI is InChI=1S/C19H21F2N3O2/c1-23(2)19(26)13-5-8-16(9-6-13)22-18(25)12-24(3)11-14-4-7-15(20)10-17(14)21/h4-10H,11-12H2,1-3H3,(H,22,25). The molecule has 0 unspecified atom stereocenters. The molecule has 0 radical (unpaired) electrons. The summed E-state index contributed by atoms with van der Waals surface area (Å²) in [5.41, 5.74) is 1.40. The van der Waals surface area contributed by atoms with E-state index in [9.17, 15) is 18.4 Å². The highest BCUT2D eigenvalue weighted by Crippen LogP contribution is 2.13. The Morgan fingerprint density at radius 1 is 1.00 bits per heavy atom. The van der Waals surface area contributed by atoms with Gasteiger partial charge < -0.3 is 10.2 Å². The van der Waals surface area contributed by atoms with Gasteiger partial charge in [0.25, 0.3) is 5.91 Å². The fourth-order valence-electron chi connectivity index (χ4n) is 2.40. The largest absolute Gasteiger partial charge is 0.345 e. The Labute approximate surface area is 151 Å². The maximum Gasteiger partial charge on any atom is 0.253 e. The Morgan fingerprint density at radius 2 is 1.65 bits per heavy atom. The number of hydrogen-bond donors (Lipinski definition) is 1. The number of amides is 2. The summed E-state index contributed by atoms with van der Waals surface area (Å²) in [6.07, 6.45) is 0. The van der Waals surface area contributed by atoms with Crippen LogP contribution in [0.4, 0.5) is 14.5 Å². The Hall–Kier alpha value is -2.80. The fourth-order valence-corrected chi connectivity index (χ4v) is 2.40. The molecule has 2 rings (SSSR count). The molecular weight excluding hydrogens is 340 g/mol. The van der Waals surface area contributed by atoms with Gasteiger partial charge in [0.1, 0.15) is 11.6 Å². The second kappa shape index (κ2) is 8.53. The molecule has 0 aliphatic carbocycles. The monoisotopic (exact) mass is 361 g/mol. The molecule has 0 aliphatic rings. The van der Waals surface area contributed by atoms with Crippen LogP contribution in [-0.2, 0) is 11.3 Å². The van der Waals surface area contributed by atoms with Crippen molar-refractivity contribution in [2.24, 2.45) is 0 Å². The molecule has 0 atom stereocenters. The third-order valence-corrected chi connectivity index (χ3v) is 3.69. The molecule has 0 bridgehead atoms. The molecule has 0 saturated heterocycles. The van der Waals surface area contributed by atoms with Crippen molar-refractivity contribution in [2.45, 2.75) is 6.54 Å². The van der Waals surface area contributed by atoms with Crippen LogP contribution in [0.3, 0.4) is 0 Å². The number of rotatable bonds is 6. The first-order valence-corrected chi connectivity index (χ1v) is 8.00. The number of carbonyl (C=O) groups excluding carboxylic acids is 2. The zero-order valence-corrected chi connectivity index (χ0v) is 14.9. The summed E-state index contributed by atoms with van der Waals surface area (Å²) in [6.45, 7) is 0.213. The van der Waals surface area contributed by atoms with Gasteiger partial charge in [-0.25, -0.2) is 8.78 Å². The topological polar surface area (TPSA) is 52.7 Å². The van der Waals surface area contributed by atoms with Crippen molar-refractivity contribution in [1.82, 2.24) is 9.80 Å². The molecule has 0 aromatic heterocycles. The number of benzene rings is 2. The fraction of sp³-hybridized carbons (Fsp3) is 0.263. The van der Waals surface area contributed by atoms with E-state index in [0.29, 0.717) is 16.8 Å². The zero-order valence-electron chi connectivity index (χ0n) is 14.9. The van der Waals surface area contributed by atoms with Crippen LogP contribution >= 0.6 is 0 Å². The van der Waals surface area contributed by atoms with Crippen LogP contribution in [0.25, 0.3) is 0 Å². The van der Waals surface area contributed by atoms with Crippen LogP contribution in [0, 0.1) is 11.6 Å². The van der Waals surface area contributed by atoms with Gasteiger partial charge >= 0.3 is 0 Å². The summed E-state index contributed by atoms with van der Waals surface area (Å²) in [5.74, 6) is -1.67. The summed E-state index contributed by atoms with van der Waals surface area (Å²) in [4.78, 5) is 27.0. The first-order chi connectivity index (χ1) is 12.3. The number of nitrogens with zero attached hydrogens (tertiary/aromatic N) is 2. The van der Waals surface area contributed by atoms with Crippen molar-refractivity contribution in [3.8, 4) is 0 Å². The van der Waals surface area contributed by atoms with E-state index in [-0.39, 0.29) is 24.9 Å². The smallest absolute Gasteiger partial charge is 0.253 e. The summed E-state index contributed by atoms with van der Waals surface area (Å²) < 4.78 is 26.6. The van der Waals surface area contributed by atoms with Gasteiger partial charge in [-0.2, -0.15) is 0 Å². The van der Waals surface area contributed by atoms with Crippen LogP contribution in [0.15, 0.2) is 42.5 Å². The summed E-state index contributed by atoms with van der Waals surface area (Å²) in [7, 11) is 5.00. The Bertz CT molecular complexity index is 792. The van der Waals surface area contributed by atoms with Crippen molar-refractivity contribution >= 4 is 17.5 Å². The van der Waals surface area contributed by atoms with E-state index in [2.05, 4.69) is 5.32 Å². The molecular formula is C19H21F2N3O2. The van der Waals surface area contributed by atoms with Crippen LogP contribution in [-0.4, -0.2) is 49.3 Å². The third kappa shape index (κ3) is 5.35. The third-order valence-electron chi connectivity index (χ3n) is 3.69. The van der Waals surface area contributed by atoms with E-state index in [1.54, 1.807) is 50.3 Å². The molecule has 1 N–H and O–H groups in total. The predicted molar refractivity (Wildman–Crippen MR) is 95.8 cm³/mol. The van der Waals surface area contributed by atoms with Gasteiger partial charge in [0.2, 0.25) is 5.91 Å². The maximum absolute atomic E-state index is 13.7. The van der Waals surface area contributed by atoms with Crippen LogP contribution in [0.5, 0.6) is 0 Å². The molecule has 0 fully saturated rings. The zero-order chi connectivity index (χ0) is 19.3. The van der Waals surface area contributed by atoms with Gasteiger partial charge in [0.15, 0.2) is 0 Å². The lowest BCUT2D eigenvalue weighted by Gasteiger charge is -2.17. The lowest BCUT2D eigenvalue weighted by Crippen LogP contribution is -2.30. The quantitative estimate of drug-likeness (QED) is 0.861. The van der Waals surface area contributed by atoms with Crippen molar-refractivity contribution in [1.29, 1.82) is 0 Å². The summed E-state index contributed by atoms with van der Waals surface area (Å²) in [6, 6.07) is 9.93. The minimum atomic E-state index is -0.640. The molecule has 2 aromatic carbocycles. The maximum atomic E-state index is 13.7. The lowest BCUT2D eigenvalue weighted by atomic mass is 10.2. The summed E-state index contributed by atoms with van der Waals surface area (Å²) in [5, 5.41) is 2.72. The number of nitrogens with one attached hydrogen (secondary N) is 1. The molecule has 0 heterocycles. The van der Waals surface area contributed by atoms with Gasteiger partial charge in [-0.3, -0.25) is 14.5 Å². The molecule has 0 saturated carbocycles. The number of likely N-dealkylation sites (N-methyl/N-ethyl adjacent to an activating group) is 1. The van der Waals surface area contributed by atoms with E-state index >= 15 is 0 Å². The van der Waals surface area contributed by atoms with Crippen molar-refractivity contribution in [2.75, 3.05) is 33.0 Å². The number of anilines is 1. The van der Waals surface area contributed by atoms with Crippen LogP contribution < -0.4 is 5.32 Å². The number of halogens is 2. The summed E-state index contributed by atoms with van der Waals surface area (Å²) >= 11 is 0. The molecule has 2 amide bonds. The highest BCUT2D eigenvalue weighted by atomic mass is 19.1. The second-order valence-corrected chi connectivity index (χ2v) is 6.23. The average Bonchev–Trinajstić information content (AvgIpc) is 2.57. The first kappa shape index (κ1) is 19.5. The minimum Gasteiger partial charge on any atom is -0.345 e. The van der Waals surface area contributed by atoms with Crippen LogP contribution in [0.2, 0.25) is 0 Å². The van der Waals surface area contributed by atoms with E-state index in [1.165, 1.54) is 17.0 Å². The van der Waals surface area contributed by atoms with Crippen molar-refractivity contribution in [3.05, 3.63) is 65.2 Å². The first-order valence-electron chi connectivity index (χ1n) is 8.00. The van der Waals surface area contributed by atoms with Gasteiger partial charge in [-0.1, -0.05) is 6.07 Å². The molecule has 0 spiro atoms. The van der Waals surface area contributed by atoms with Crippen molar-refractivity contribution in [3.63, 3.8) is 0 Å². The Morgan fingerprint density at radius 3 is 2.23 bits per heavy atom. The van der Waals surface area contributed by atoms with E-state index in [1.807, 2.05) is 0 Å². The van der Waals surface area contributed by atoms with Gasteiger partial charge in [0.05, 0.1) is 6.54 Å². The minimum absolute atomic E-state index is 0.0369. The SMILES string of the molecule is CN(CC(=O)Nc1ccc(C(=O)N(C)C)cc1)Cc1ccc(F)cc1F. The highest BCUT2D eigenvalue weighted by molar-refractivity contribution is 5.95.